The number of pyridine rings is 1. The van der Waals surface area contributed by atoms with E-state index in [0.29, 0.717) is 12.2 Å². The minimum atomic E-state index is -0.832. The van der Waals surface area contributed by atoms with Gasteiger partial charge in [0.1, 0.15) is 5.82 Å². The Hall–Kier alpha value is -1.13. The summed E-state index contributed by atoms with van der Waals surface area (Å²) < 4.78 is 0. The van der Waals surface area contributed by atoms with E-state index in [-0.39, 0.29) is 18.3 Å². The molecule has 1 amide bonds. The van der Waals surface area contributed by atoms with Crippen LogP contribution in [0.25, 0.3) is 0 Å². The molecule has 96 valence electrons. The van der Waals surface area contributed by atoms with Crippen molar-refractivity contribution in [1.82, 2.24) is 4.98 Å². The second kappa shape index (κ2) is 6.57. The topological polar surface area (TPSA) is 68.0 Å². The van der Waals surface area contributed by atoms with Crippen molar-refractivity contribution in [3.63, 3.8) is 0 Å². The molecule has 1 aromatic rings. The van der Waals surface area contributed by atoms with E-state index in [0.717, 1.165) is 12.0 Å². The van der Waals surface area contributed by atoms with Gasteiger partial charge in [-0.25, -0.2) is 4.98 Å². The molecular weight excluding hydrogens is 238 g/mol. The van der Waals surface area contributed by atoms with Gasteiger partial charge in [-0.1, -0.05) is 19.4 Å². The fraction of sp³-hybridized carbons (Fsp3) is 0.500. The molecule has 0 bridgehead atoms. The molecule has 0 saturated carbocycles. The maximum atomic E-state index is 11.8. The van der Waals surface area contributed by atoms with Crippen LogP contribution < -0.4 is 11.1 Å². The SMILES string of the molecule is CCCC(C)(N)C(=O)Nc1ccc(C)cn1.Cl. The Morgan fingerprint density at radius 3 is 2.65 bits per heavy atom. The van der Waals surface area contributed by atoms with Crippen molar-refractivity contribution < 1.29 is 4.79 Å². The highest BCUT2D eigenvalue weighted by Crippen LogP contribution is 2.12. The maximum absolute atomic E-state index is 11.8. The number of anilines is 1. The van der Waals surface area contributed by atoms with Crippen LogP contribution in [0, 0.1) is 6.92 Å². The van der Waals surface area contributed by atoms with E-state index in [4.69, 9.17) is 5.73 Å². The number of carbonyl (C=O) groups is 1. The quantitative estimate of drug-likeness (QED) is 0.870. The summed E-state index contributed by atoms with van der Waals surface area (Å²) in [5, 5.41) is 2.72. The molecule has 0 fully saturated rings. The number of aromatic nitrogens is 1. The molecule has 17 heavy (non-hydrogen) atoms. The van der Waals surface area contributed by atoms with Crippen LogP contribution >= 0.6 is 12.4 Å². The molecule has 1 heterocycles. The summed E-state index contributed by atoms with van der Waals surface area (Å²) in [5.41, 5.74) is 6.13. The maximum Gasteiger partial charge on any atom is 0.245 e. The summed E-state index contributed by atoms with van der Waals surface area (Å²) in [6, 6.07) is 3.67. The van der Waals surface area contributed by atoms with E-state index >= 15 is 0 Å². The van der Waals surface area contributed by atoms with Crippen molar-refractivity contribution in [1.29, 1.82) is 0 Å². The van der Waals surface area contributed by atoms with Crippen LogP contribution in [0.1, 0.15) is 32.3 Å². The predicted molar refractivity (Wildman–Crippen MR) is 72.4 cm³/mol. The number of amides is 1. The smallest absolute Gasteiger partial charge is 0.245 e. The van der Waals surface area contributed by atoms with E-state index in [1.165, 1.54) is 0 Å². The van der Waals surface area contributed by atoms with Crippen LogP contribution in [-0.4, -0.2) is 16.4 Å². The Bertz CT molecular complexity index is 363. The van der Waals surface area contributed by atoms with Crippen LogP contribution in [0.4, 0.5) is 5.82 Å². The largest absolute Gasteiger partial charge is 0.318 e. The Kier molecular flexibility index (Phi) is 6.13. The van der Waals surface area contributed by atoms with Gasteiger partial charge in [0.15, 0.2) is 0 Å². The molecule has 0 aliphatic rings. The summed E-state index contributed by atoms with van der Waals surface area (Å²) >= 11 is 0. The summed E-state index contributed by atoms with van der Waals surface area (Å²) in [7, 11) is 0. The second-order valence-electron chi connectivity index (χ2n) is 4.34. The Balaban J connectivity index is 0.00000256. The molecule has 1 atom stereocenters. The minimum absolute atomic E-state index is 0. The zero-order chi connectivity index (χ0) is 12.2. The van der Waals surface area contributed by atoms with Crippen molar-refractivity contribution in [3.8, 4) is 0 Å². The van der Waals surface area contributed by atoms with Gasteiger partial charge in [-0.05, 0) is 31.9 Å². The molecule has 1 aromatic heterocycles. The first-order valence-electron chi connectivity index (χ1n) is 5.48. The second-order valence-corrected chi connectivity index (χ2v) is 4.34. The third-order valence-electron chi connectivity index (χ3n) is 2.44. The zero-order valence-electron chi connectivity index (χ0n) is 10.5. The monoisotopic (exact) mass is 257 g/mol. The Morgan fingerprint density at radius 2 is 2.18 bits per heavy atom. The van der Waals surface area contributed by atoms with Gasteiger partial charge in [-0.3, -0.25) is 4.79 Å². The van der Waals surface area contributed by atoms with Crippen molar-refractivity contribution in [2.75, 3.05) is 5.32 Å². The van der Waals surface area contributed by atoms with Gasteiger partial charge in [0.25, 0.3) is 0 Å². The highest BCUT2D eigenvalue weighted by atomic mass is 35.5. The third kappa shape index (κ3) is 4.71. The lowest BCUT2D eigenvalue weighted by Gasteiger charge is -2.22. The van der Waals surface area contributed by atoms with E-state index in [9.17, 15) is 4.79 Å². The normalized spacial score (nSPS) is 13.4. The number of carbonyl (C=O) groups excluding carboxylic acids is 1. The molecule has 1 rings (SSSR count). The van der Waals surface area contributed by atoms with Crippen molar-refractivity contribution in [2.45, 2.75) is 39.2 Å². The molecule has 5 heteroatoms. The van der Waals surface area contributed by atoms with Crippen molar-refractivity contribution in [3.05, 3.63) is 23.9 Å². The molecule has 0 saturated heterocycles. The highest BCUT2D eigenvalue weighted by molar-refractivity contribution is 5.96. The summed E-state index contributed by atoms with van der Waals surface area (Å²) in [4.78, 5) is 15.9. The average Bonchev–Trinajstić information content (AvgIpc) is 2.21. The van der Waals surface area contributed by atoms with Crippen LogP contribution in [0.2, 0.25) is 0 Å². The number of nitrogens with zero attached hydrogens (tertiary/aromatic N) is 1. The molecule has 0 aromatic carbocycles. The number of aryl methyl sites for hydroxylation is 1. The summed E-state index contributed by atoms with van der Waals surface area (Å²) in [6.07, 6.45) is 3.25. The van der Waals surface area contributed by atoms with E-state index in [1.54, 1.807) is 19.2 Å². The van der Waals surface area contributed by atoms with Gasteiger partial charge < -0.3 is 11.1 Å². The molecule has 0 aliphatic carbocycles. The number of nitrogens with one attached hydrogen (secondary N) is 1. The molecule has 0 radical (unpaired) electrons. The molecule has 0 spiro atoms. The molecule has 1 unspecified atom stereocenters. The van der Waals surface area contributed by atoms with Gasteiger partial charge in [0.2, 0.25) is 5.91 Å². The molecular formula is C12H20ClN3O. The highest BCUT2D eigenvalue weighted by Gasteiger charge is 2.27. The molecule has 4 nitrogen and oxygen atoms in total. The first-order valence-corrected chi connectivity index (χ1v) is 5.48. The molecule has 3 N–H and O–H groups in total. The fourth-order valence-corrected chi connectivity index (χ4v) is 1.43. The third-order valence-corrected chi connectivity index (χ3v) is 2.44. The fourth-order valence-electron chi connectivity index (χ4n) is 1.43. The van der Waals surface area contributed by atoms with Gasteiger partial charge in [0, 0.05) is 6.20 Å². The van der Waals surface area contributed by atoms with Gasteiger partial charge in [-0.2, -0.15) is 0 Å². The van der Waals surface area contributed by atoms with Crippen molar-refractivity contribution >= 4 is 24.1 Å². The number of hydrogen-bond donors (Lipinski definition) is 2. The lowest BCUT2D eigenvalue weighted by molar-refractivity contribution is -0.120. The van der Waals surface area contributed by atoms with Gasteiger partial charge >= 0.3 is 0 Å². The van der Waals surface area contributed by atoms with Crippen LogP contribution in [0.3, 0.4) is 0 Å². The zero-order valence-corrected chi connectivity index (χ0v) is 11.3. The minimum Gasteiger partial charge on any atom is -0.318 e. The number of hydrogen-bond acceptors (Lipinski definition) is 3. The lowest BCUT2D eigenvalue weighted by atomic mass is 9.96. The van der Waals surface area contributed by atoms with E-state index in [1.807, 2.05) is 19.9 Å². The van der Waals surface area contributed by atoms with Crippen LogP contribution in [-0.2, 0) is 4.79 Å². The summed E-state index contributed by atoms with van der Waals surface area (Å²) in [5.74, 6) is 0.356. The number of rotatable bonds is 4. The van der Waals surface area contributed by atoms with Gasteiger partial charge in [-0.15, -0.1) is 12.4 Å². The van der Waals surface area contributed by atoms with Crippen LogP contribution in [0.15, 0.2) is 18.3 Å². The number of halogens is 1. The van der Waals surface area contributed by atoms with Gasteiger partial charge in [0.05, 0.1) is 5.54 Å². The van der Waals surface area contributed by atoms with E-state index in [2.05, 4.69) is 10.3 Å². The Labute approximate surface area is 108 Å². The van der Waals surface area contributed by atoms with Crippen molar-refractivity contribution in [2.24, 2.45) is 5.73 Å². The standard InChI is InChI=1S/C12H19N3O.ClH/c1-4-7-12(3,13)11(16)15-10-6-5-9(2)8-14-10;/h5-6,8H,4,7,13H2,1-3H3,(H,14,15,16);1H. The molecule has 0 aliphatic heterocycles. The summed E-state index contributed by atoms with van der Waals surface area (Å²) in [6.45, 7) is 5.69. The lowest BCUT2D eigenvalue weighted by Crippen LogP contribution is -2.48. The number of nitrogens with two attached hydrogens (primary N) is 1. The Morgan fingerprint density at radius 1 is 1.53 bits per heavy atom. The average molecular weight is 258 g/mol. The first-order chi connectivity index (χ1) is 7.45. The first kappa shape index (κ1) is 15.9. The van der Waals surface area contributed by atoms with E-state index < -0.39 is 5.54 Å². The van der Waals surface area contributed by atoms with Crippen LogP contribution in [0.5, 0.6) is 0 Å². The predicted octanol–water partition coefficient (Wildman–Crippen LogP) is 2.27.